The summed E-state index contributed by atoms with van der Waals surface area (Å²) in [4.78, 5) is 0. The van der Waals surface area contributed by atoms with E-state index >= 15 is 0 Å². The molecule has 0 radical (unpaired) electrons. The van der Waals surface area contributed by atoms with Crippen LogP contribution in [0.5, 0.6) is 0 Å². The second-order valence-electron chi connectivity index (χ2n) is 12.4. The summed E-state index contributed by atoms with van der Waals surface area (Å²) in [5.74, 6) is 1.52. The van der Waals surface area contributed by atoms with E-state index in [9.17, 15) is 0 Å². The molecular formula is C35H50OSi2. The first-order valence-corrected chi connectivity index (χ1v) is 19.0. The topological polar surface area (TPSA) is 9.23 Å². The summed E-state index contributed by atoms with van der Waals surface area (Å²) in [5.41, 5.74) is 8.92. The van der Waals surface area contributed by atoms with Crippen molar-refractivity contribution in [2.75, 3.05) is 0 Å². The molecule has 1 nitrogen and oxygen atoms in total. The summed E-state index contributed by atoms with van der Waals surface area (Å²) in [6, 6.07) is 22.6. The molecule has 204 valence electrons. The number of hydrogen-bond acceptors (Lipinski definition) is 1. The lowest BCUT2D eigenvalue weighted by molar-refractivity contribution is 0.279. The van der Waals surface area contributed by atoms with E-state index in [1.165, 1.54) is 43.8 Å². The number of hydrogen-bond donors (Lipinski definition) is 0. The van der Waals surface area contributed by atoms with Gasteiger partial charge in [0.1, 0.15) is 0 Å². The SMILES string of the molecule is Cc1cccc([SiH2]C(C/C=C\c2c(C(C)C)cc(C(C)C)cc2C(C)C)O[Si](C)(C)c2ccccc2)c1C. The van der Waals surface area contributed by atoms with Crippen LogP contribution in [0.2, 0.25) is 13.1 Å². The molecule has 0 aliphatic carbocycles. The Hall–Kier alpha value is -2.21. The Kier molecular flexibility index (Phi) is 10.6. The standard InChI is InChI=1S/C35H50OSi2/c1-24(2)29-22-32(25(3)4)31(33(23-29)26(5)6)19-15-21-35(37-34-20-14-16-27(7)28(34)8)36-38(9,10)30-17-12-11-13-18-30/h11-20,22-26,35H,21,37H2,1-10H3/b19-15-. The smallest absolute Gasteiger partial charge is 0.218 e. The summed E-state index contributed by atoms with van der Waals surface area (Å²) in [7, 11) is -2.67. The quantitative estimate of drug-likeness (QED) is 0.223. The van der Waals surface area contributed by atoms with Crippen molar-refractivity contribution in [2.24, 2.45) is 0 Å². The lowest BCUT2D eigenvalue weighted by Crippen LogP contribution is -2.50. The minimum Gasteiger partial charge on any atom is -0.413 e. The molecule has 3 aromatic rings. The summed E-state index contributed by atoms with van der Waals surface area (Å²) < 4.78 is 7.12. The second kappa shape index (κ2) is 13.2. The van der Waals surface area contributed by atoms with Gasteiger partial charge in [-0.05, 0) is 89.7 Å². The third-order valence-corrected chi connectivity index (χ3v) is 13.1. The predicted octanol–water partition coefficient (Wildman–Crippen LogP) is 8.03. The molecule has 0 aromatic heterocycles. The highest BCUT2D eigenvalue weighted by molar-refractivity contribution is 6.84. The van der Waals surface area contributed by atoms with Gasteiger partial charge >= 0.3 is 0 Å². The second-order valence-corrected chi connectivity index (χ2v) is 18.3. The van der Waals surface area contributed by atoms with Crippen molar-refractivity contribution in [2.45, 2.75) is 98.4 Å². The molecule has 0 aliphatic rings. The molecule has 0 N–H and O–H groups in total. The van der Waals surface area contributed by atoms with E-state index in [4.69, 9.17) is 4.43 Å². The molecule has 0 bridgehead atoms. The first kappa shape index (κ1) is 30.3. The highest BCUT2D eigenvalue weighted by Gasteiger charge is 2.29. The zero-order chi connectivity index (χ0) is 28.0. The summed E-state index contributed by atoms with van der Waals surface area (Å²) in [6.07, 6.45) is 5.80. The first-order chi connectivity index (χ1) is 17.9. The van der Waals surface area contributed by atoms with Crippen molar-refractivity contribution in [1.82, 2.24) is 0 Å². The zero-order valence-electron chi connectivity index (χ0n) is 25.6. The predicted molar refractivity (Wildman–Crippen MR) is 175 cm³/mol. The zero-order valence-corrected chi connectivity index (χ0v) is 28.0. The van der Waals surface area contributed by atoms with Gasteiger partial charge in [-0.2, -0.15) is 0 Å². The number of rotatable bonds is 11. The van der Waals surface area contributed by atoms with Crippen LogP contribution in [0.1, 0.15) is 99.1 Å². The highest BCUT2D eigenvalue weighted by Crippen LogP contribution is 2.33. The Labute approximate surface area is 236 Å². The highest BCUT2D eigenvalue weighted by atomic mass is 28.4. The average Bonchev–Trinajstić information content (AvgIpc) is 2.86. The fraction of sp³-hybridized carbons (Fsp3) is 0.429. The normalized spacial score (nSPS) is 13.6. The molecule has 0 heterocycles. The molecular weight excluding hydrogens is 493 g/mol. The molecule has 0 saturated carbocycles. The summed E-state index contributed by atoms with van der Waals surface area (Å²) in [6.45, 7) is 23.1. The van der Waals surface area contributed by atoms with Gasteiger partial charge in [0.05, 0.1) is 9.52 Å². The third-order valence-electron chi connectivity index (χ3n) is 7.96. The lowest BCUT2D eigenvalue weighted by atomic mass is 9.84. The number of benzene rings is 3. The minimum absolute atomic E-state index is 0.272. The molecule has 0 amide bonds. The molecule has 1 atom stereocenters. The molecule has 3 aromatic carbocycles. The van der Waals surface area contributed by atoms with Crippen LogP contribution in [0, 0.1) is 13.8 Å². The van der Waals surface area contributed by atoms with Crippen LogP contribution in [0.25, 0.3) is 6.08 Å². The van der Waals surface area contributed by atoms with Crippen LogP contribution in [0.3, 0.4) is 0 Å². The molecule has 0 fully saturated rings. The van der Waals surface area contributed by atoms with Gasteiger partial charge in [0.2, 0.25) is 8.32 Å². The van der Waals surface area contributed by atoms with Crippen molar-refractivity contribution in [3.05, 3.63) is 100 Å². The van der Waals surface area contributed by atoms with Crippen LogP contribution in [-0.2, 0) is 4.43 Å². The van der Waals surface area contributed by atoms with Gasteiger partial charge < -0.3 is 4.43 Å². The number of aryl methyl sites for hydroxylation is 1. The van der Waals surface area contributed by atoms with Gasteiger partial charge in [-0.3, -0.25) is 0 Å². The van der Waals surface area contributed by atoms with Crippen molar-refractivity contribution in [3.8, 4) is 0 Å². The fourth-order valence-corrected chi connectivity index (χ4v) is 10.7. The molecule has 1 unspecified atom stereocenters. The van der Waals surface area contributed by atoms with Crippen molar-refractivity contribution < 1.29 is 4.43 Å². The molecule has 0 aliphatic heterocycles. The van der Waals surface area contributed by atoms with Gasteiger partial charge in [0, 0.05) is 5.73 Å². The van der Waals surface area contributed by atoms with Gasteiger partial charge in [-0.25, -0.2) is 0 Å². The van der Waals surface area contributed by atoms with Crippen molar-refractivity contribution in [1.29, 1.82) is 0 Å². The van der Waals surface area contributed by atoms with Gasteiger partial charge in [0.25, 0.3) is 0 Å². The summed E-state index contributed by atoms with van der Waals surface area (Å²) >= 11 is 0. The Bertz CT molecular complexity index is 1190. The maximum absolute atomic E-state index is 7.12. The van der Waals surface area contributed by atoms with Crippen LogP contribution in [0.15, 0.2) is 66.7 Å². The van der Waals surface area contributed by atoms with Crippen LogP contribution < -0.4 is 10.4 Å². The summed E-state index contributed by atoms with van der Waals surface area (Å²) in [5, 5.41) is 2.91. The van der Waals surface area contributed by atoms with E-state index < -0.39 is 17.8 Å². The average molecular weight is 543 g/mol. The molecule has 38 heavy (non-hydrogen) atoms. The van der Waals surface area contributed by atoms with Crippen LogP contribution in [-0.4, -0.2) is 23.6 Å². The monoisotopic (exact) mass is 542 g/mol. The van der Waals surface area contributed by atoms with E-state index in [1.54, 1.807) is 0 Å². The van der Waals surface area contributed by atoms with E-state index in [0.717, 1.165) is 6.42 Å². The molecule has 3 heteroatoms. The Balaban J connectivity index is 1.97. The van der Waals surface area contributed by atoms with Crippen molar-refractivity contribution in [3.63, 3.8) is 0 Å². The van der Waals surface area contributed by atoms with Gasteiger partial charge in [-0.15, -0.1) is 0 Å². The lowest BCUT2D eigenvalue weighted by Gasteiger charge is -2.30. The van der Waals surface area contributed by atoms with E-state index in [1.807, 2.05) is 0 Å². The third kappa shape index (κ3) is 7.68. The first-order valence-electron chi connectivity index (χ1n) is 14.5. The Morgan fingerprint density at radius 1 is 0.789 bits per heavy atom. The maximum Gasteiger partial charge on any atom is 0.218 e. The Morgan fingerprint density at radius 2 is 1.39 bits per heavy atom. The van der Waals surface area contributed by atoms with E-state index in [2.05, 4.69) is 141 Å². The van der Waals surface area contributed by atoms with E-state index in [-0.39, 0.29) is 5.73 Å². The minimum atomic E-state index is -2.03. The van der Waals surface area contributed by atoms with Crippen LogP contribution in [0.4, 0.5) is 0 Å². The van der Waals surface area contributed by atoms with Gasteiger partial charge in [0.15, 0.2) is 0 Å². The van der Waals surface area contributed by atoms with E-state index in [0.29, 0.717) is 17.8 Å². The molecule has 0 spiro atoms. The largest absolute Gasteiger partial charge is 0.413 e. The molecule has 3 rings (SSSR count). The van der Waals surface area contributed by atoms with Crippen LogP contribution >= 0.6 is 0 Å². The van der Waals surface area contributed by atoms with Crippen molar-refractivity contribution >= 4 is 34.3 Å². The Morgan fingerprint density at radius 3 is 1.95 bits per heavy atom. The maximum atomic E-state index is 7.12. The fourth-order valence-electron chi connectivity index (χ4n) is 5.32. The molecule has 0 saturated heterocycles. The van der Waals surface area contributed by atoms with Gasteiger partial charge in [-0.1, -0.05) is 120 Å².